The Hall–Kier alpha value is -2.82. The van der Waals surface area contributed by atoms with Crippen LogP contribution in [-0.2, 0) is 0 Å². The molecule has 8 heteroatoms. The maximum absolute atomic E-state index is 9.75. The van der Waals surface area contributed by atoms with E-state index in [1.807, 2.05) is 30.3 Å². The number of rotatable bonds is 2. The molecule has 0 saturated heterocycles. The first-order valence-corrected chi connectivity index (χ1v) is 7.60. The first-order chi connectivity index (χ1) is 11.7. The summed E-state index contributed by atoms with van der Waals surface area (Å²) in [4.78, 5) is 0. The fourth-order valence-corrected chi connectivity index (χ4v) is 2.45. The monoisotopic (exact) mass is 349 g/mol. The molecule has 2 aromatic carbocycles. The SMILES string of the molecule is CC(C)n1c[n+](-c2ccc(C#N)cc2)c2ccccc21.F[B-](F)(F)F. The molecule has 3 aromatic rings. The lowest BCUT2D eigenvalue weighted by atomic mass is 10.2. The predicted octanol–water partition coefficient (Wildman–Crippen LogP) is 4.67. The molecule has 25 heavy (non-hydrogen) atoms. The van der Waals surface area contributed by atoms with Crippen molar-refractivity contribution in [3.63, 3.8) is 0 Å². The molecule has 1 aromatic heterocycles. The van der Waals surface area contributed by atoms with Crippen molar-refractivity contribution in [3.8, 4) is 11.8 Å². The lowest BCUT2D eigenvalue weighted by Crippen LogP contribution is -2.28. The van der Waals surface area contributed by atoms with Gasteiger partial charge in [-0.1, -0.05) is 12.1 Å². The molecule has 3 nitrogen and oxygen atoms in total. The minimum atomic E-state index is -6.00. The topological polar surface area (TPSA) is 32.6 Å². The number of imidazole rings is 1. The van der Waals surface area contributed by atoms with Crippen LogP contribution in [0.4, 0.5) is 17.3 Å². The molecule has 0 unspecified atom stereocenters. The van der Waals surface area contributed by atoms with Crippen LogP contribution < -0.4 is 4.57 Å². The zero-order valence-corrected chi connectivity index (χ0v) is 13.7. The summed E-state index contributed by atoms with van der Waals surface area (Å²) < 4.78 is 43.4. The quantitative estimate of drug-likeness (QED) is 0.376. The van der Waals surface area contributed by atoms with Gasteiger partial charge in [-0.15, -0.1) is 0 Å². The number of hydrogen-bond donors (Lipinski definition) is 0. The van der Waals surface area contributed by atoms with Gasteiger partial charge in [0.15, 0.2) is 11.0 Å². The second kappa shape index (κ2) is 7.39. The van der Waals surface area contributed by atoms with Crippen LogP contribution >= 0.6 is 0 Å². The van der Waals surface area contributed by atoms with Gasteiger partial charge < -0.3 is 17.3 Å². The number of hydrogen-bond acceptors (Lipinski definition) is 1. The lowest BCUT2D eigenvalue weighted by molar-refractivity contribution is -0.568. The summed E-state index contributed by atoms with van der Waals surface area (Å²) in [5.74, 6) is 0. The molecule has 3 rings (SSSR count). The second-order valence-corrected chi connectivity index (χ2v) is 5.63. The van der Waals surface area contributed by atoms with Gasteiger partial charge in [0.25, 0.3) is 0 Å². The molecule has 0 saturated carbocycles. The van der Waals surface area contributed by atoms with E-state index in [2.05, 4.69) is 53.6 Å². The molecule has 0 aliphatic carbocycles. The average molecular weight is 349 g/mol. The van der Waals surface area contributed by atoms with Gasteiger partial charge in [-0.05, 0) is 50.2 Å². The Labute approximate surface area is 142 Å². The van der Waals surface area contributed by atoms with E-state index in [0.717, 1.165) is 5.69 Å². The third-order valence-electron chi connectivity index (χ3n) is 3.49. The van der Waals surface area contributed by atoms with Gasteiger partial charge in [0.1, 0.15) is 5.69 Å². The van der Waals surface area contributed by atoms with E-state index in [-0.39, 0.29) is 0 Å². The minimum absolute atomic E-state index is 0.402. The molecule has 0 aliphatic heterocycles. The van der Waals surface area contributed by atoms with Gasteiger partial charge >= 0.3 is 7.25 Å². The summed E-state index contributed by atoms with van der Waals surface area (Å²) >= 11 is 0. The lowest BCUT2D eigenvalue weighted by Gasteiger charge is -1.99. The molecule has 0 radical (unpaired) electrons. The molecule has 0 atom stereocenters. The molecule has 0 amide bonds. The molecule has 0 aliphatic rings. The molecule has 0 bridgehead atoms. The first kappa shape index (κ1) is 18.5. The molecule has 1 heterocycles. The summed E-state index contributed by atoms with van der Waals surface area (Å²) in [5, 5.41) is 8.89. The summed E-state index contributed by atoms with van der Waals surface area (Å²) in [6.07, 6.45) is 2.12. The molecular formula is C17H16BF4N3. The number of nitrogens with zero attached hydrogens (tertiary/aromatic N) is 3. The Morgan fingerprint density at radius 2 is 1.56 bits per heavy atom. The Bertz CT molecular complexity index is 887. The van der Waals surface area contributed by atoms with E-state index in [9.17, 15) is 17.3 Å². The second-order valence-electron chi connectivity index (χ2n) is 5.63. The van der Waals surface area contributed by atoms with Crippen LogP contribution in [-0.4, -0.2) is 11.8 Å². The highest BCUT2D eigenvalue weighted by Gasteiger charge is 2.20. The van der Waals surface area contributed by atoms with Gasteiger partial charge in [0.05, 0.1) is 17.7 Å². The van der Waals surface area contributed by atoms with Crippen LogP contribution in [0.5, 0.6) is 0 Å². The fourth-order valence-electron chi connectivity index (χ4n) is 2.45. The molecule has 130 valence electrons. The van der Waals surface area contributed by atoms with Crippen molar-refractivity contribution >= 4 is 18.3 Å². The van der Waals surface area contributed by atoms with Crippen LogP contribution in [0.3, 0.4) is 0 Å². The maximum atomic E-state index is 9.75. The van der Waals surface area contributed by atoms with Crippen molar-refractivity contribution in [1.29, 1.82) is 5.26 Å². The summed E-state index contributed by atoms with van der Waals surface area (Å²) in [7, 11) is -6.00. The molecular weight excluding hydrogens is 333 g/mol. The van der Waals surface area contributed by atoms with Crippen LogP contribution in [0, 0.1) is 11.3 Å². The van der Waals surface area contributed by atoms with E-state index < -0.39 is 7.25 Å². The zero-order chi connectivity index (χ0) is 18.6. The van der Waals surface area contributed by atoms with Crippen molar-refractivity contribution in [2.45, 2.75) is 19.9 Å². The first-order valence-electron chi connectivity index (χ1n) is 7.60. The Balaban J connectivity index is 0.000000399. The van der Waals surface area contributed by atoms with Crippen LogP contribution in [0.2, 0.25) is 0 Å². The molecule has 0 spiro atoms. The van der Waals surface area contributed by atoms with E-state index in [4.69, 9.17) is 5.26 Å². The highest BCUT2D eigenvalue weighted by molar-refractivity contribution is 6.50. The van der Waals surface area contributed by atoms with Gasteiger partial charge in [0.2, 0.25) is 6.33 Å². The Morgan fingerprint density at radius 1 is 1.00 bits per heavy atom. The van der Waals surface area contributed by atoms with Gasteiger partial charge in [0, 0.05) is 0 Å². The van der Waals surface area contributed by atoms with Crippen LogP contribution in [0.15, 0.2) is 54.9 Å². The number of para-hydroxylation sites is 2. The van der Waals surface area contributed by atoms with Gasteiger partial charge in [-0.2, -0.15) is 9.83 Å². The smallest absolute Gasteiger partial charge is 0.418 e. The van der Waals surface area contributed by atoms with Gasteiger partial charge in [-0.25, -0.2) is 4.57 Å². The fraction of sp³-hybridized carbons (Fsp3) is 0.176. The number of benzene rings is 2. The summed E-state index contributed by atoms with van der Waals surface area (Å²) in [5.41, 5.74) is 4.14. The third-order valence-corrected chi connectivity index (χ3v) is 3.49. The van der Waals surface area contributed by atoms with E-state index in [1.54, 1.807) is 0 Å². The van der Waals surface area contributed by atoms with E-state index >= 15 is 0 Å². The highest BCUT2D eigenvalue weighted by Crippen LogP contribution is 2.17. The summed E-state index contributed by atoms with van der Waals surface area (Å²) in [6.45, 7) is 4.35. The van der Waals surface area contributed by atoms with Gasteiger partial charge in [-0.3, -0.25) is 0 Å². The normalized spacial score (nSPS) is 11.1. The van der Waals surface area contributed by atoms with Crippen molar-refractivity contribution in [2.75, 3.05) is 0 Å². The average Bonchev–Trinajstić information content (AvgIpc) is 2.93. The van der Waals surface area contributed by atoms with Crippen molar-refractivity contribution in [1.82, 2.24) is 4.57 Å². The van der Waals surface area contributed by atoms with Crippen molar-refractivity contribution in [2.24, 2.45) is 0 Å². The number of fused-ring (bicyclic) bond motifs is 1. The standard InChI is InChI=1S/C17H16N3.BF4/c1-13(2)19-12-20(17-6-4-3-5-16(17)19)15-9-7-14(11-18)8-10-15;2-1(3,4)5/h3-10,12-13H,1-2H3;/q+1;-1. The summed E-state index contributed by atoms with van der Waals surface area (Å²) in [6, 6.07) is 18.6. The van der Waals surface area contributed by atoms with E-state index in [0.29, 0.717) is 11.6 Å². The minimum Gasteiger partial charge on any atom is -0.418 e. The highest BCUT2D eigenvalue weighted by atomic mass is 19.5. The number of aromatic nitrogens is 2. The Morgan fingerprint density at radius 3 is 2.08 bits per heavy atom. The Kier molecular flexibility index (Phi) is 5.47. The van der Waals surface area contributed by atoms with Crippen molar-refractivity contribution in [3.05, 3.63) is 60.4 Å². The van der Waals surface area contributed by atoms with E-state index in [1.165, 1.54) is 11.0 Å². The maximum Gasteiger partial charge on any atom is 0.673 e. The number of halogens is 4. The predicted molar refractivity (Wildman–Crippen MR) is 88.8 cm³/mol. The number of nitriles is 1. The molecule has 0 fully saturated rings. The van der Waals surface area contributed by atoms with Crippen LogP contribution in [0.1, 0.15) is 25.5 Å². The van der Waals surface area contributed by atoms with Crippen molar-refractivity contribution < 1.29 is 21.8 Å². The largest absolute Gasteiger partial charge is 0.673 e. The van der Waals surface area contributed by atoms with Crippen LogP contribution in [0.25, 0.3) is 16.7 Å². The molecule has 0 N–H and O–H groups in total. The third kappa shape index (κ3) is 4.83. The zero-order valence-electron chi connectivity index (χ0n) is 13.7.